The highest BCUT2D eigenvalue weighted by Crippen LogP contribution is 2.33. The number of pyridine rings is 1. The van der Waals surface area contributed by atoms with Gasteiger partial charge in [0.1, 0.15) is 0 Å². The molecule has 0 bridgehead atoms. The first-order valence-corrected chi connectivity index (χ1v) is 11.4. The van der Waals surface area contributed by atoms with Gasteiger partial charge in [-0.1, -0.05) is 43.8 Å². The van der Waals surface area contributed by atoms with Crippen LogP contribution >= 0.6 is 11.8 Å². The average molecular weight is 422 g/mol. The molecule has 4 rings (SSSR count). The Bertz CT molecular complexity index is 1010. The summed E-state index contributed by atoms with van der Waals surface area (Å²) < 4.78 is 2.11. The lowest BCUT2D eigenvalue weighted by Gasteiger charge is -2.19. The molecule has 2 aromatic heterocycles. The van der Waals surface area contributed by atoms with Crippen LogP contribution < -0.4 is 5.32 Å². The Hall–Kier alpha value is -2.67. The zero-order chi connectivity index (χ0) is 21.1. The third-order valence-corrected chi connectivity index (χ3v) is 6.36. The van der Waals surface area contributed by atoms with Gasteiger partial charge in [0.05, 0.1) is 10.9 Å². The van der Waals surface area contributed by atoms with E-state index in [0.29, 0.717) is 6.04 Å². The maximum Gasteiger partial charge on any atom is 0.233 e. The molecular weight excluding hydrogens is 394 g/mol. The number of carbonyl (C=O) groups is 1. The summed E-state index contributed by atoms with van der Waals surface area (Å²) in [4.78, 5) is 16.8. The summed E-state index contributed by atoms with van der Waals surface area (Å²) in [5, 5.41) is 12.6. The van der Waals surface area contributed by atoms with Crippen molar-refractivity contribution in [2.45, 2.75) is 62.9 Å². The van der Waals surface area contributed by atoms with E-state index in [1.807, 2.05) is 19.1 Å². The second kappa shape index (κ2) is 9.00. The molecule has 7 heteroatoms. The molecule has 1 atom stereocenters. The van der Waals surface area contributed by atoms with Gasteiger partial charge in [0, 0.05) is 24.0 Å². The SMILES string of the molecule is CCc1cccc(CC)c1-n1c(S[C@@H](C)C(=O)NC2CC2)nnc1-c1cccnc1. The predicted octanol–water partition coefficient (Wildman–Crippen LogP) is 4.21. The van der Waals surface area contributed by atoms with Crippen LogP contribution in [0, 0.1) is 0 Å². The van der Waals surface area contributed by atoms with E-state index < -0.39 is 0 Å². The van der Waals surface area contributed by atoms with E-state index in [1.165, 1.54) is 22.9 Å². The third kappa shape index (κ3) is 4.26. The Morgan fingerprint density at radius 1 is 1.17 bits per heavy atom. The molecule has 30 heavy (non-hydrogen) atoms. The fourth-order valence-electron chi connectivity index (χ4n) is 3.49. The Kier molecular flexibility index (Phi) is 6.18. The summed E-state index contributed by atoms with van der Waals surface area (Å²) in [6.07, 6.45) is 7.51. The van der Waals surface area contributed by atoms with Crippen LogP contribution in [0.5, 0.6) is 0 Å². The quantitative estimate of drug-likeness (QED) is 0.552. The number of nitrogens with zero attached hydrogens (tertiary/aromatic N) is 4. The van der Waals surface area contributed by atoms with Gasteiger partial charge in [0.2, 0.25) is 5.91 Å². The number of aryl methyl sites for hydroxylation is 2. The van der Waals surface area contributed by atoms with Crippen molar-refractivity contribution in [1.29, 1.82) is 0 Å². The van der Waals surface area contributed by atoms with Crippen LogP contribution in [0.1, 0.15) is 44.7 Å². The molecule has 3 aromatic rings. The topological polar surface area (TPSA) is 72.7 Å². The summed E-state index contributed by atoms with van der Waals surface area (Å²) in [6.45, 7) is 6.24. The van der Waals surface area contributed by atoms with Crippen LogP contribution in [0.15, 0.2) is 47.9 Å². The van der Waals surface area contributed by atoms with Crippen molar-refractivity contribution >= 4 is 17.7 Å². The minimum absolute atomic E-state index is 0.0551. The first kappa shape index (κ1) is 20.6. The minimum Gasteiger partial charge on any atom is -0.352 e. The van der Waals surface area contributed by atoms with Gasteiger partial charge in [-0.3, -0.25) is 14.3 Å². The summed E-state index contributed by atoms with van der Waals surface area (Å²) in [6, 6.07) is 10.6. The molecule has 1 aliphatic carbocycles. The zero-order valence-corrected chi connectivity index (χ0v) is 18.4. The molecular formula is C23H27N5OS. The van der Waals surface area contributed by atoms with Crippen molar-refractivity contribution in [2.24, 2.45) is 0 Å². The molecule has 0 spiro atoms. The Morgan fingerprint density at radius 2 is 1.90 bits per heavy atom. The molecule has 1 aliphatic rings. The Labute approximate surface area is 181 Å². The van der Waals surface area contributed by atoms with Gasteiger partial charge in [0.15, 0.2) is 11.0 Å². The van der Waals surface area contributed by atoms with Crippen molar-refractivity contribution in [3.05, 3.63) is 53.9 Å². The molecule has 1 fully saturated rings. The number of hydrogen-bond acceptors (Lipinski definition) is 5. The smallest absolute Gasteiger partial charge is 0.233 e. The van der Waals surface area contributed by atoms with Gasteiger partial charge in [0.25, 0.3) is 0 Å². The molecule has 156 valence electrons. The standard InChI is InChI=1S/C23H27N5OS/c1-4-16-8-6-9-17(5-2)20(16)28-21(18-10-7-13-24-14-18)26-27-23(28)30-15(3)22(29)25-19-11-12-19/h6-10,13-15,19H,4-5,11-12H2,1-3H3,(H,25,29)/t15-/m0/s1. The predicted molar refractivity (Wildman–Crippen MR) is 120 cm³/mol. The molecule has 1 aromatic carbocycles. The monoisotopic (exact) mass is 421 g/mol. The summed E-state index contributed by atoms with van der Waals surface area (Å²) >= 11 is 1.45. The van der Waals surface area contributed by atoms with Crippen LogP contribution in [0.3, 0.4) is 0 Å². The number of para-hydroxylation sites is 1. The van der Waals surface area contributed by atoms with Crippen LogP contribution in [-0.2, 0) is 17.6 Å². The van der Waals surface area contributed by atoms with E-state index in [2.05, 4.69) is 57.1 Å². The number of nitrogens with one attached hydrogen (secondary N) is 1. The number of benzene rings is 1. The molecule has 2 heterocycles. The Morgan fingerprint density at radius 3 is 2.50 bits per heavy atom. The number of carbonyl (C=O) groups excluding carboxylic acids is 1. The fraction of sp³-hybridized carbons (Fsp3) is 0.391. The lowest BCUT2D eigenvalue weighted by Crippen LogP contribution is -2.32. The summed E-state index contributed by atoms with van der Waals surface area (Å²) in [5.41, 5.74) is 4.48. The van der Waals surface area contributed by atoms with E-state index in [4.69, 9.17) is 0 Å². The average Bonchev–Trinajstić information content (AvgIpc) is 3.50. The fourth-order valence-corrected chi connectivity index (χ4v) is 4.35. The van der Waals surface area contributed by atoms with Crippen molar-refractivity contribution in [2.75, 3.05) is 0 Å². The van der Waals surface area contributed by atoms with Crippen molar-refractivity contribution < 1.29 is 4.79 Å². The van der Waals surface area contributed by atoms with Gasteiger partial charge in [-0.05, 0) is 55.9 Å². The molecule has 1 saturated carbocycles. The van der Waals surface area contributed by atoms with Gasteiger partial charge < -0.3 is 5.32 Å². The van der Waals surface area contributed by atoms with Crippen molar-refractivity contribution in [3.8, 4) is 17.1 Å². The second-order valence-electron chi connectivity index (χ2n) is 7.56. The number of thioether (sulfide) groups is 1. The van der Waals surface area contributed by atoms with Crippen LogP contribution in [0.2, 0.25) is 0 Å². The second-order valence-corrected chi connectivity index (χ2v) is 8.87. The summed E-state index contributed by atoms with van der Waals surface area (Å²) in [5.74, 6) is 0.801. The molecule has 0 saturated heterocycles. The number of hydrogen-bond donors (Lipinski definition) is 1. The molecule has 1 amide bonds. The number of rotatable bonds is 8. The molecule has 0 radical (unpaired) electrons. The van der Waals surface area contributed by atoms with Gasteiger partial charge in [-0.2, -0.15) is 0 Å². The maximum absolute atomic E-state index is 12.6. The Balaban J connectivity index is 1.81. The molecule has 1 N–H and O–H groups in total. The van der Waals surface area contributed by atoms with E-state index in [-0.39, 0.29) is 11.2 Å². The highest BCUT2D eigenvalue weighted by Gasteiger charge is 2.28. The van der Waals surface area contributed by atoms with Gasteiger partial charge >= 0.3 is 0 Å². The first-order chi connectivity index (χ1) is 14.6. The normalized spacial score (nSPS) is 14.5. The lowest BCUT2D eigenvalue weighted by atomic mass is 10.0. The van der Waals surface area contributed by atoms with Crippen LogP contribution in [0.25, 0.3) is 17.1 Å². The van der Waals surface area contributed by atoms with Gasteiger partial charge in [-0.15, -0.1) is 10.2 Å². The maximum atomic E-state index is 12.6. The largest absolute Gasteiger partial charge is 0.352 e. The zero-order valence-electron chi connectivity index (χ0n) is 17.6. The van der Waals surface area contributed by atoms with E-state index >= 15 is 0 Å². The first-order valence-electron chi connectivity index (χ1n) is 10.6. The third-order valence-electron chi connectivity index (χ3n) is 5.32. The van der Waals surface area contributed by atoms with Crippen LogP contribution in [0.4, 0.5) is 0 Å². The minimum atomic E-state index is -0.255. The van der Waals surface area contributed by atoms with Crippen molar-refractivity contribution in [3.63, 3.8) is 0 Å². The number of amides is 1. The van der Waals surface area contributed by atoms with Gasteiger partial charge in [-0.25, -0.2) is 0 Å². The molecule has 0 unspecified atom stereocenters. The highest BCUT2D eigenvalue weighted by molar-refractivity contribution is 8.00. The van der Waals surface area contributed by atoms with E-state index in [0.717, 1.165) is 47.9 Å². The molecule has 0 aliphatic heterocycles. The van der Waals surface area contributed by atoms with E-state index in [9.17, 15) is 4.79 Å². The summed E-state index contributed by atoms with van der Waals surface area (Å²) in [7, 11) is 0. The van der Waals surface area contributed by atoms with Crippen LogP contribution in [-0.4, -0.2) is 36.9 Å². The lowest BCUT2D eigenvalue weighted by molar-refractivity contribution is -0.120. The van der Waals surface area contributed by atoms with Crippen molar-refractivity contribution in [1.82, 2.24) is 25.1 Å². The highest BCUT2D eigenvalue weighted by atomic mass is 32.2. The van der Waals surface area contributed by atoms with E-state index in [1.54, 1.807) is 12.4 Å². The molecule has 6 nitrogen and oxygen atoms in total. The number of aromatic nitrogens is 4.